The lowest BCUT2D eigenvalue weighted by Gasteiger charge is -2.28. The summed E-state index contributed by atoms with van der Waals surface area (Å²) in [5.74, 6) is -0.698. The highest BCUT2D eigenvalue weighted by molar-refractivity contribution is 6.16. The van der Waals surface area contributed by atoms with Gasteiger partial charge in [0.2, 0.25) is 5.78 Å². The number of hydrogen-bond donors (Lipinski definition) is 2. The number of fused-ring (bicyclic) bond motifs is 1. The maximum Gasteiger partial charge on any atom is 0.290 e. The first-order valence-electron chi connectivity index (χ1n) is 13.5. The predicted molar refractivity (Wildman–Crippen MR) is 142 cm³/mol. The molecule has 2 N–H and O–H groups in total. The number of benzene rings is 2. The van der Waals surface area contributed by atoms with E-state index in [0.717, 1.165) is 68.8 Å². The third kappa shape index (κ3) is 5.47. The molecule has 2 aliphatic heterocycles. The molecule has 1 aromatic heterocycles. The van der Waals surface area contributed by atoms with Gasteiger partial charge in [-0.15, -0.1) is 0 Å². The van der Waals surface area contributed by atoms with Crippen LogP contribution < -0.4 is 9.64 Å². The van der Waals surface area contributed by atoms with Gasteiger partial charge < -0.3 is 28.8 Å². The number of unbranched alkanes of at least 4 members (excludes halogenated alkanes) is 1. The SMILES string of the molecule is CCCCOc1ccc([C@@H]2C(C(=O)c3cc4ccccc4o3)=C(O)C(=O)N2CCC[NH+]2CCOCC2)cc1. The van der Waals surface area contributed by atoms with Gasteiger partial charge in [-0.2, -0.15) is 0 Å². The number of aliphatic hydroxyl groups excluding tert-OH is 1. The van der Waals surface area contributed by atoms with Crippen LogP contribution in [0.25, 0.3) is 11.0 Å². The molecule has 1 fully saturated rings. The summed E-state index contributed by atoms with van der Waals surface area (Å²) >= 11 is 0. The van der Waals surface area contributed by atoms with Gasteiger partial charge in [0.15, 0.2) is 11.5 Å². The zero-order valence-corrected chi connectivity index (χ0v) is 21.8. The smallest absolute Gasteiger partial charge is 0.290 e. The molecule has 2 aromatic carbocycles. The zero-order chi connectivity index (χ0) is 26.5. The Hall–Kier alpha value is -3.62. The lowest BCUT2D eigenvalue weighted by molar-refractivity contribution is -0.908. The first kappa shape index (κ1) is 26.0. The van der Waals surface area contributed by atoms with Crippen LogP contribution in [0.4, 0.5) is 0 Å². The number of Topliss-reactive ketones (excluding diaryl/α,β-unsaturated/α-hetero) is 1. The number of nitrogens with one attached hydrogen (secondary N) is 1. The summed E-state index contributed by atoms with van der Waals surface area (Å²) in [4.78, 5) is 30.1. The molecule has 1 amide bonds. The fourth-order valence-electron chi connectivity index (χ4n) is 5.18. The number of rotatable bonds is 11. The van der Waals surface area contributed by atoms with Crippen molar-refractivity contribution in [3.8, 4) is 5.75 Å². The minimum atomic E-state index is -0.715. The number of ketones is 1. The average molecular weight is 520 g/mol. The molecule has 3 aromatic rings. The van der Waals surface area contributed by atoms with Crippen molar-refractivity contribution < 1.29 is 33.5 Å². The van der Waals surface area contributed by atoms with Gasteiger partial charge in [-0.05, 0) is 36.2 Å². The maximum atomic E-state index is 13.7. The van der Waals surface area contributed by atoms with Crippen LogP contribution in [-0.4, -0.2) is 67.7 Å². The van der Waals surface area contributed by atoms with Crippen molar-refractivity contribution in [3.05, 3.63) is 77.3 Å². The van der Waals surface area contributed by atoms with Crippen LogP contribution in [0.3, 0.4) is 0 Å². The highest BCUT2D eigenvalue weighted by atomic mass is 16.5. The van der Waals surface area contributed by atoms with Crippen molar-refractivity contribution in [1.29, 1.82) is 0 Å². The number of hydrogen-bond acceptors (Lipinski definition) is 6. The highest BCUT2D eigenvalue weighted by Gasteiger charge is 2.44. The molecule has 5 rings (SSSR count). The number of ether oxygens (including phenoxy) is 2. The minimum absolute atomic E-state index is 0.0485. The van der Waals surface area contributed by atoms with Crippen molar-refractivity contribution >= 4 is 22.7 Å². The number of furan rings is 1. The van der Waals surface area contributed by atoms with E-state index < -0.39 is 23.5 Å². The van der Waals surface area contributed by atoms with E-state index in [1.54, 1.807) is 17.0 Å². The first-order valence-corrected chi connectivity index (χ1v) is 13.5. The first-order chi connectivity index (χ1) is 18.6. The summed E-state index contributed by atoms with van der Waals surface area (Å²) in [5, 5.41) is 11.8. The van der Waals surface area contributed by atoms with Crippen molar-refractivity contribution in [2.45, 2.75) is 32.2 Å². The van der Waals surface area contributed by atoms with Crippen molar-refractivity contribution in [2.75, 3.05) is 46.0 Å². The van der Waals surface area contributed by atoms with Gasteiger partial charge in [0.05, 0.1) is 38.0 Å². The molecular formula is C30H35N2O6+. The summed E-state index contributed by atoms with van der Waals surface area (Å²) in [5.41, 5.74) is 1.37. The highest BCUT2D eigenvalue weighted by Crippen LogP contribution is 2.40. The Labute approximate surface area is 222 Å². The van der Waals surface area contributed by atoms with Crippen LogP contribution in [0.15, 0.2) is 70.3 Å². The Bertz CT molecular complexity index is 1270. The number of carbonyl (C=O) groups is 2. The van der Waals surface area contributed by atoms with E-state index in [1.165, 1.54) is 4.90 Å². The Kier molecular flexibility index (Phi) is 8.10. The number of amides is 1. The van der Waals surface area contributed by atoms with Gasteiger partial charge in [-0.25, -0.2) is 0 Å². The second kappa shape index (κ2) is 11.8. The van der Waals surface area contributed by atoms with Crippen molar-refractivity contribution in [1.82, 2.24) is 4.90 Å². The van der Waals surface area contributed by atoms with E-state index in [0.29, 0.717) is 18.7 Å². The predicted octanol–water partition coefficient (Wildman–Crippen LogP) is 3.50. The van der Waals surface area contributed by atoms with Gasteiger partial charge >= 0.3 is 0 Å². The summed E-state index contributed by atoms with van der Waals surface area (Å²) < 4.78 is 17.1. The molecule has 1 atom stereocenters. The zero-order valence-electron chi connectivity index (χ0n) is 21.8. The van der Waals surface area contributed by atoms with Crippen molar-refractivity contribution in [2.24, 2.45) is 0 Å². The maximum absolute atomic E-state index is 13.7. The van der Waals surface area contributed by atoms with Crippen LogP contribution in [-0.2, 0) is 9.53 Å². The molecule has 3 heterocycles. The number of nitrogens with zero attached hydrogens (tertiary/aromatic N) is 1. The minimum Gasteiger partial charge on any atom is -0.503 e. The van der Waals surface area contributed by atoms with Gasteiger partial charge in [-0.3, -0.25) is 9.59 Å². The molecule has 0 spiro atoms. The molecule has 0 bridgehead atoms. The molecule has 200 valence electrons. The quantitative estimate of drug-likeness (QED) is 0.298. The summed E-state index contributed by atoms with van der Waals surface area (Å²) in [7, 11) is 0. The number of carbonyl (C=O) groups excluding carboxylic acids is 2. The number of morpholine rings is 1. The number of para-hydroxylation sites is 1. The lowest BCUT2D eigenvalue weighted by atomic mass is 9.95. The topological polar surface area (TPSA) is 93.7 Å². The monoisotopic (exact) mass is 519 g/mol. The molecule has 0 saturated carbocycles. The van der Waals surface area contributed by atoms with E-state index in [4.69, 9.17) is 13.9 Å². The van der Waals surface area contributed by atoms with Crippen LogP contribution in [0.5, 0.6) is 5.75 Å². The van der Waals surface area contributed by atoms with Gasteiger partial charge in [0.25, 0.3) is 5.91 Å². The summed E-state index contributed by atoms with van der Waals surface area (Å²) in [6.45, 7) is 7.41. The van der Waals surface area contributed by atoms with E-state index in [-0.39, 0.29) is 11.3 Å². The van der Waals surface area contributed by atoms with Crippen LogP contribution >= 0.6 is 0 Å². The molecule has 38 heavy (non-hydrogen) atoms. The van der Waals surface area contributed by atoms with E-state index >= 15 is 0 Å². The Morgan fingerprint density at radius 1 is 1.11 bits per heavy atom. The number of aliphatic hydroxyl groups is 1. The molecule has 0 unspecified atom stereocenters. The van der Waals surface area contributed by atoms with Crippen LogP contribution in [0.1, 0.15) is 48.3 Å². The average Bonchev–Trinajstić information content (AvgIpc) is 3.49. The van der Waals surface area contributed by atoms with Gasteiger partial charge in [-0.1, -0.05) is 43.7 Å². The molecule has 8 heteroatoms. The molecule has 8 nitrogen and oxygen atoms in total. The molecule has 1 saturated heterocycles. The second-order valence-electron chi connectivity index (χ2n) is 9.88. The molecular weight excluding hydrogens is 484 g/mol. The largest absolute Gasteiger partial charge is 0.503 e. The van der Waals surface area contributed by atoms with E-state index in [9.17, 15) is 14.7 Å². The van der Waals surface area contributed by atoms with Crippen LogP contribution in [0.2, 0.25) is 0 Å². The number of quaternary nitrogens is 1. The van der Waals surface area contributed by atoms with E-state index in [2.05, 4.69) is 6.92 Å². The third-order valence-corrected chi connectivity index (χ3v) is 7.29. The molecule has 2 aliphatic rings. The Morgan fingerprint density at radius 3 is 2.61 bits per heavy atom. The summed E-state index contributed by atoms with van der Waals surface area (Å²) in [6.07, 6.45) is 2.75. The molecule has 0 radical (unpaired) electrons. The fourth-order valence-corrected chi connectivity index (χ4v) is 5.18. The fraction of sp³-hybridized carbons (Fsp3) is 0.400. The third-order valence-electron chi connectivity index (χ3n) is 7.29. The molecule has 0 aliphatic carbocycles. The van der Waals surface area contributed by atoms with Gasteiger partial charge in [0.1, 0.15) is 24.4 Å². The summed E-state index contributed by atoms with van der Waals surface area (Å²) in [6, 6.07) is 15.7. The van der Waals surface area contributed by atoms with E-state index in [1.807, 2.05) is 42.5 Å². The normalized spacial score (nSPS) is 18.5. The second-order valence-corrected chi connectivity index (χ2v) is 9.88. The lowest BCUT2D eigenvalue weighted by Crippen LogP contribution is -3.14. The Balaban J connectivity index is 1.42. The standard InChI is InChI=1S/C30H34N2O6/c1-2-3-17-37-23-11-9-21(10-12-23)27-26(28(33)25-20-22-7-4-5-8-24(22)38-25)29(34)30(35)32(27)14-6-13-31-15-18-36-19-16-31/h4-5,7-12,20,27,34H,2-3,6,13-19H2,1H3/p+1/t27-/m1/s1. The van der Waals surface area contributed by atoms with Gasteiger partial charge in [0, 0.05) is 18.4 Å². The van der Waals surface area contributed by atoms with Crippen LogP contribution in [0, 0.1) is 0 Å². The van der Waals surface area contributed by atoms with Crippen molar-refractivity contribution in [3.63, 3.8) is 0 Å². The Morgan fingerprint density at radius 2 is 1.87 bits per heavy atom.